The van der Waals surface area contributed by atoms with Crippen molar-refractivity contribution < 1.29 is 4.79 Å². The summed E-state index contributed by atoms with van der Waals surface area (Å²) < 4.78 is 0. The molecular weight excluding hydrogens is 176 g/mol. The van der Waals surface area contributed by atoms with Crippen LogP contribution in [0.4, 0.5) is 4.79 Å². The van der Waals surface area contributed by atoms with Crippen molar-refractivity contribution in [2.75, 3.05) is 26.7 Å². The van der Waals surface area contributed by atoms with Gasteiger partial charge in [0.15, 0.2) is 0 Å². The van der Waals surface area contributed by atoms with Crippen LogP contribution in [-0.2, 0) is 0 Å². The summed E-state index contributed by atoms with van der Waals surface area (Å²) in [5.74, 6) is 0.784. The molecule has 0 aromatic carbocycles. The molecule has 1 saturated heterocycles. The van der Waals surface area contributed by atoms with Crippen LogP contribution in [-0.4, -0.2) is 42.5 Å². The average molecular weight is 198 g/mol. The fourth-order valence-electron chi connectivity index (χ4n) is 1.77. The number of unbranched alkanes of at least 4 members (excludes halogenated alkanes) is 1. The molecule has 0 spiro atoms. The van der Waals surface area contributed by atoms with Gasteiger partial charge in [0.25, 0.3) is 0 Å². The van der Waals surface area contributed by atoms with E-state index >= 15 is 0 Å². The van der Waals surface area contributed by atoms with Gasteiger partial charge in [0.05, 0.1) is 0 Å². The fraction of sp³-hybridized carbons (Fsp3) is 0.909. The first kappa shape index (κ1) is 11.3. The third-order valence-electron chi connectivity index (χ3n) is 2.76. The third-order valence-corrected chi connectivity index (χ3v) is 2.76. The Morgan fingerprint density at radius 2 is 2.00 bits per heavy atom. The highest BCUT2D eigenvalue weighted by Gasteiger charge is 2.24. The topological polar surface area (TPSA) is 23.6 Å². The van der Waals surface area contributed by atoms with Crippen LogP contribution >= 0.6 is 0 Å². The number of likely N-dealkylation sites (N-methyl/N-ethyl adjacent to an activating group) is 1. The zero-order valence-corrected chi connectivity index (χ0v) is 9.62. The lowest BCUT2D eigenvalue weighted by Gasteiger charge is -2.15. The maximum Gasteiger partial charge on any atom is 0.319 e. The molecule has 2 amide bonds. The van der Waals surface area contributed by atoms with Gasteiger partial charge in [-0.1, -0.05) is 26.7 Å². The molecule has 3 nitrogen and oxygen atoms in total. The Labute approximate surface area is 87.1 Å². The van der Waals surface area contributed by atoms with Crippen LogP contribution in [0.25, 0.3) is 0 Å². The molecule has 0 radical (unpaired) electrons. The Morgan fingerprint density at radius 3 is 2.50 bits per heavy atom. The predicted molar refractivity (Wildman–Crippen MR) is 58.3 cm³/mol. The van der Waals surface area contributed by atoms with Gasteiger partial charge in [0.1, 0.15) is 0 Å². The number of amides is 2. The van der Waals surface area contributed by atoms with Crippen molar-refractivity contribution in [2.24, 2.45) is 5.92 Å². The van der Waals surface area contributed by atoms with Crippen molar-refractivity contribution in [3.05, 3.63) is 0 Å². The minimum absolute atomic E-state index is 0.203. The first-order chi connectivity index (χ1) is 6.61. The van der Waals surface area contributed by atoms with E-state index in [-0.39, 0.29) is 6.03 Å². The minimum atomic E-state index is 0.203. The van der Waals surface area contributed by atoms with Crippen molar-refractivity contribution in [3.63, 3.8) is 0 Å². The minimum Gasteiger partial charge on any atom is -0.326 e. The van der Waals surface area contributed by atoms with Gasteiger partial charge in [-0.25, -0.2) is 4.79 Å². The first-order valence-electron chi connectivity index (χ1n) is 5.61. The smallest absolute Gasteiger partial charge is 0.319 e. The molecule has 14 heavy (non-hydrogen) atoms. The Morgan fingerprint density at radius 1 is 1.29 bits per heavy atom. The fourth-order valence-corrected chi connectivity index (χ4v) is 1.77. The summed E-state index contributed by atoms with van der Waals surface area (Å²) in [6.07, 6.45) is 3.67. The van der Waals surface area contributed by atoms with Gasteiger partial charge in [-0.2, -0.15) is 0 Å². The number of nitrogens with zero attached hydrogens (tertiary/aromatic N) is 2. The standard InChI is InChI=1S/C11H22N2O/c1-10(2)6-4-5-7-13-9-8-12(3)11(13)14/h10H,4-9H2,1-3H3. The Kier molecular flexibility index (Phi) is 4.23. The molecule has 0 aromatic heterocycles. The second-order valence-electron chi connectivity index (χ2n) is 4.58. The summed E-state index contributed by atoms with van der Waals surface area (Å²) >= 11 is 0. The summed E-state index contributed by atoms with van der Waals surface area (Å²) in [6, 6.07) is 0.203. The summed E-state index contributed by atoms with van der Waals surface area (Å²) in [4.78, 5) is 15.2. The molecule has 3 heteroatoms. The number of hydrogen-bond donors (Lipinski definition) is 0. The van der Waals surface area contributed by atoms with Crippen LogP contribution in [0.5, 0.6) is 0 Å². The lowest BCUT2D eigenvalue weighted by atomic mass is 10.1. The normalized spacial score (nSPS) is 17.3. The van der Waals surface area contributed by atoms with Crippen LogP contribution in [0.3, 0.4) is 0 Å². The molecule has 1 aliphatic rings. The Bertz CT molecular complexity index is 192. The van der Waals surface area contributed by atoms with E-state index in [1.54, 1.807) is 4.90 Å². The quantitative estimate of drug-likeness (QED) is 0.621. The van der Waals surface area contributed by atoms with Crippen molar-refractivity contribution in [2.45, 2.75) is 33.1 Å². The summed E-state index contributed by atoms with van der Waals surface area (Å²) in [7, 11) is 1.87. The van der Waals surface area contributed by atoms with Crippen LogP contribution in [0.2, 0.25) is 0 Å². The largest absolute Gasteiger partial charge is 0.326 e. The lowest BCUT2D eigenvalue weighted by molar-refractivity contribution is 0.197. The Balaban J connectivity index is 2.10. The molecule has 1 rings (SSSR count). The van der Waals surface area contributed by atoms with Crippen molar-refractivity contribution in [1.82, 2.24) is 9.80 Å². The van der Waals surface area contributed by atoms with E-state index in [9.17, 15) is 4.79 Å². The van der Waals surface area contributed by atoms with Crippen LogP contribution in [0.1, 0.15) is 33.1 Å². The number of hydrogen-bond acceptors (Lipinski definition) is 1. The van der Waals surface area contributed by atoms with Gasteiger partial charge >= 0.3 is 6.03 Å². The SMILES string of the molecule is CC(C)CCCCN1CCN(C)C1=O. The first-order valence-corrected chi connectivity index (χ1v) is 5.61. The zero-order chi connectivity index (χ0) is 10.6. The molecular formula is C11H22N2O. The maximum atomic E-state index is 11.5. The van der Waals surface area contributed by atoms with Crippen molar-refractivity contribution in [1.29, 1.82) is 0 Å². The third kappa shape index (κ3) is 3.20. The van der Waals surface area contributed by atoms with E-state index in [4.69, 9.17) is 0 Å². The molecule has 0 unspecified atom stereocenters. The van der Waals surface area contributed by atoms with Gasteiger partial charge < -0.3 is 9.80 Å². The van der Waals surface area contributed by atoms with E-state index in [1.165, 1.54) is 12.8 Å². The number of carbonyl (C=O) groups is 1. The van der Waals surface area contributed by atoms with Gasteiger partial charge in [-0.05, 0) is 12.3 Å². The molecule has 0 N–H and O–H groups in total. The van der Waals surface area contributed by atoms with Gasteiger partial charge in [-0.3, -0.25) is 0 Å². The van der Waals surface area contributed by atoms with E-state index < -0.39 is 0 Å². The molecule has 1 fully saturated rings. The van der Waals surface area contributed by atoms with Gasteiger partial charge in [0.2, 0.25) is 0 Å². The summed E-state index contributed by atoms with van der Waals surface area (Å²) in [5.41, 5.74) is 0. The van der Waals surface area contributed by atoms with E-state index in [0.717, 1.165) is 32.0 Å². The number of carbonyl (C=O) groups excluding carboxylic acids is 1. The van der Waals surface area contributed by atoms with Gasteiger partial charge in [0, 0.05) is 26.7 Å². The lowest BCUT2D eigenvalue weighted by Crippen LogP contribution is -2.30. The highest BCUT2D eigenvalue weighted by Crippen LogP contribution is 2.10. The Hall–Kier alpha value is -0.730. The van der Waals surface area contributed by atoms with Crippen molar-refractivity contribution >= 4 is 6.03 Å². The number of rotatable bonds is 5. The van der Waals surface area contributed by atoms with Crippen LogP contribution < -0.4 is 0 Å². The molecule has 0 saturated carbocycles. The maximum absolute atomic E-state index is 11.5. The molecule has 0 atom stereocenters. The number of urea groups is 1. The highest BCUT2D eigenvalue weighted by molar-refractivity contribution is 5.76. The average Bonchev–Trinajstić information content (AvgIpc) is 2.43. The van der Waals surface area contributed by atoms with E-state index in [0.29, 0.717) is 0 Å². The molecule has 1 aliphatic heterocycles. The second kappa shape index (κ2) is 5.23. The van der Waals surface area contributed by atoms with E-state index in [2.05, 4.69) is 13.8 Å². The monoisotopic (exact) mass is 198 g/mol. The second-order valence-corrected chi connectivity index (χ2v) is 4.58. The highest BCUT2D eigenvalue weighted by atomic mass is 16.2. The predicted octanol–water partition coefficient (Wildman–Crippen LogP) is 2.18. The molecule has 1 heterocycles. The molecule has 0 aromatic rings. The summed E-state index contributed by atoms with van der Waals surface area (Å²) in [6.45, 7) is 7.24. The van der Waals surface area contributed by atoms with E-state index in [1.807, 2.05) is 11.9 Å². The van der Waals surface area contributed by atoms with Gasteiger partial charge in [-0.15, -0.1) is 0 Å². The molecule has 82 valence electrons. The summed E-state index contributed by atoms with van der Waals surface area (Å²) in [5, 5.41) is 0. The zero-order valence-electron chi connectivity index (χ0n) is 9.62. The van der Waals surface area contributed by atoms with Crippen LogP contribution in [0.15, 0.2) is 0 Å². The molecule has 0 aliphatic carbocycles. The van der Waals surface area contributed by atoms with Crippen molar-refractivity contribution in [3.8, 4) is 0 Å². The van der Waals surface area contributed by atoms with Crippen LogP contribution in [0, 0.1) is 5.92 Å². The molecule has 0 bridgehead atoms.